The highest BCUT2D eigenvalue weighted by molar-refractivity contribution is 5.94. The van der Waals surface area contributed by atoms with E-state index in [0.717, 1.165) is 5.65 Å². The number of carbonyl (C=O) groups excluding carboxylic acids is 1. The lowest BCUT2D eigenvalue weighted by atomic mass is 10.1. The number of halogens is 3. The number of fused-ring (bicyclic) bond motifs is 1. The van der Waals surface area contributed by atoms with E-state index in [-0.39, 0.29) is 17.7 Å². The maximum atomic E-state index is 13.5. The van der Waals surface area contributed by atoms with Crippen LogP contribution in [-0.4, -0.2) is 21.5 Å². The van der Waals surface area contributed by atoms with Crippen LogP contribution in [0.5, 0.6) is 5.75 Å². The minimum Gasteiger partial charge on any atom is -0.487 e. The number of carbonyl (C=O) groups is 1. The lowest BCUT2D eigenvalue weighted by Crippen LogP contribution is -2.38. The molecule has 0 fully saturated rings. The van der Waals surface area contributed by atoms with E-state index in [1.165, 1.54) is 36.4 Å². The van der Waals surface area contributed by atoms with Crippen molar-refractivity contribution in [3.8, 4) is 5.75 Å². The van der Waals surface area contributed by atoms with Gasteiger partial charge in [-0.05, 0) is 35.9 Å². The zero-order valence-corrected chi connectivity index (χ0v) is 16.2. The van der Waals surface area contributed by atoms with E-state index in [2.05, 4.69) is 10.3 Å². The van der Waals surface area contributed by atoms with E-state index in [9.17, 15) is 18.0 Å². The molecule has 0 aliphatic carbocycles. The van der Waals surface area contributed by atoms with Gasteiger partial charge < -0.3 is 14.5 Å². The van der Waals surface area contributed by atoms with Gasteiger partial charge in [0.15, 0.2) is 6.04 Å². The number of hydrogen-bond acceptors (Lipinski definition) is 3. The number of rotatable bonds is 6. The minimum atomic E-state index is -4.63. The first-order chi connectivity index (χ1) is 14.9. The fraction of sp³-hybridized carbons (Fsp3) is 0.130. The van der Waals surface area contributed by atoms with Gasteiger partial charge in [0.05, 0.1) is 5.69 Å². The zero-order chi connectivity index (χ0) is 21.8. The van der Waals surface area contributed by atoms with Gasteiger partial charge in [0, 0.05) is 18.0 Å². The van der Waals surface area contributed by atoms with Crippen LogP contribution >= 0.6 is 0 Å². The molecule has 158 valence electrons. The number of amides is 1. The summed E-state index contributed by atoms with van der Waals surface area (Å²) >= 11 is 0. The van der Waals surface area contributed by atoms with Crippen LogP contribution in [0.15, 0.2) is 85.2 Å². The molecule has 4 aromatic rings. The van der Waals surface area contributed by atoms with Gasteiger partial charge in [0.2, 0.25) is 0 Å². The molecule has 0 saturated carbocycles. The van der Waals surface area contributed by atoms with E-state index in [1.54, 1.807) is 18.2 Å². The molecule has 0 radical (unpaired) electrons. The van der Waals surface area contributed by atoms with Gasteiger partial charge in [-0.25, -0.2) is 4.98 Å². The zero-order valence-electron chi connectivity index (χ0n) is 16.2. The number of pyridine rings is 1. The Morgan fingerprint density at radius 3 is 2.55 bits per heavy atom. The molecule has 2 aromatic carbocycles. The summed E-state index contributed by atoms with van der Waals surface area (Å²) in [5.41, 5.74) is 1.48. The van der Waals surface area contributed by atoms with Gasteiger partial charge in [0.25, 0.3) is 5.91 Å². The molecular weight excluding hydrogens is 407 g/mol. The normalized spacial score (nSPS) is 12.5. The van der Waals surface area contributed by atoms with Crippen molar-refractivity contribution >= 4 is 11.6 Å². The Balaban J connectivity index is 1.47. The first-order valence-corrected chi connectivity index (χ1v) is 9.48. The van der Waals surface area contributed by atoms with E-state index in [4.69, 9.17) is 4.74 Å². The Kier molecular flexibility index (Phi) is 5.62. The number of ether oxygens (including phenoxy) is 1. The lowest BCUT2D eigenvalue weighted by molar-refractivity contribution is -0.155. The maximum Gasteiger partial charge on any atom is 0.412 e. The van der Waals surface area contributed by atoms with Crippen molar-refractivity contribution in [2.75, 3.05) is 0 Å². The fourth-order valence-corrected chi connectivity index (χ4v) is 3.16. The average Bonchev–Trinajstić information content (AvgIpc) is 3.19. The highest BCUT2D eigenvalue weighted by Gasteiger charge is 2.41. The Morgan fingerprint density at radius 1 is 1.03 bits per heavy atom. The van der Waals surface area contributed by atoms with Crippen molar-refractivity contribution in [3.63, 3.8) is 0 Å². The molecule has 8 heteroatoms. The quantitative estimate of drug-likeness (QED) is 0.476. The number of benzene rings is 2. The van der Waals surface area contributed by atoms with Crippen molar-refractivity contribution in [1.82, 2.24) is 14.7 Å². The molecule has 5 nitrogen and oxygen atoms in total. The summed E-state index contributed by atoms with van der Waals surface area (Å²) in [5, 5.41) is 2.07. The summed E-state index contributed by atoms with van der Waals surface area (Å²) in [6.07, 6.45) is -0.950. The highest BCUT2D eigenvalue weighted by Crippen LogP contribution is 2.33. The Morgan fingerprint density at radius 2 is 1.81 bits per heavy atom. The van der Waals surface area contributed by atoms with Crippen LogP contribution in [-0.2, 0) is 6.61 Å². The minimum absolute atomic E-state index is 0.0393. The topological polar surface area (TPSA) is 55.6 Å². The first-order valence-electron chi connectivity index (χ1n) is 9.48. The Labute approximate surface area is 176 Å². The molecule has 2 aromatic heterocycles. The number of imidazole rings is 1. The van der Waals surface area contributed by atoms with E-state index in [1.807, 2.05) is 35.0 Å². The van der Waals surface area contributed by atoms with Gasteiger partial charge in [-0.1, -0.05) is 42.5 Å². The van der Waals surface area contributed by atoms with Gasteiger partial charge in [-0.15, -0.1) is 0 Å². The molecule has 1 unspecified atom stereocenters. The van der Waals surface area contributed by atoms with Crippen LogP contribution in [0, 0.1) is 0 Å². The summed E-state index contributed by atoms with van der Waals surface area (Å²) < 4.78 is 48.1. The van der Waals surface area contributed by atoms with E-state index < -0.39 is 18.1 Å². The van der Waals surface area contributed by atoms with Gasteiger partial charge in [0.1, 0.15) is 18.0 Å². The summed E-state index contributed by atoms with van der Waals surface area (Å²) in [4.78, 5) is 17.0. The molecule has 1 atom stereocenters. The third kappa shape index (κ3) is 4.85. The van der Waals surface area contributed by atoms with Crippen LogP contribution in [0.2, 0.25) is 0 Å². The van der Waals surface area contributed by atoms with Crippen LogP contribution < -0.4 is 10.1 Å². The third-order valence-corrected chi connectivity index (χ3v) is 4.63. The molecule has 0 aliphatic rings. The molecule has 0 saturated heterocycles. The van der Waals surface area contributed by atoms with Gasteiger partial charge in [-0.2, -0.15) is 13.2 Å². The number of alkyl halides is 3. The van der Waals surface area contributed by atoms with E-state index >= 15 is 0 Å². The van der Waals surface area contributed by atoms with Gasteiger partial charge in [-0.3, -0.25) is 4.79 Å². The maximum absolute atomic E-state index is 13.5. The smallest absolute Gasteiger partial charge is 0.412 e. The number of hydrogen-bond donors (Lipinski definition) is 1. The predicted molar refractivity (Wildman–Crippen MR) is 109 cm³/mol. The van der Waals surface area contributed by atoms with Crippen molar-refractivity contribution in [2.24, 2.45) is 0 Å². The Hall–Kier alpha value is -3.81. The monoisotopic (exact) mass is 425 g/mol. The Bertz CT molecular complexity index is 1160. The summed E-state index contributed by atoms with van der Waals surface area (Å²) in [6.45, 7) is 0.155. The second-order valence-electron chi connectivity index (χ2n) is 6.87. The number of nitrogens with zero attached hydrogens (tertiary/aromatic N) is 2. The van der Waals surface area contributed by atoms with Crippen LogP contribution in [0.4, 0.5) is 13.2 Å². The van der Waals surface area contributed by atoms with Crippen molar-refractivity contribution < 1.29 is 22.7 Å². The first kappa shape index (κ1) is 20.5. The molecule has 31 heavy (non-hydrogen) atoms. The van der Waals surface area contributed by atoms with Crippen molar-refractivity contribution in [1.29, 1.82) is 0 Å². The molecule has 1 N–H and O–H groups in total. The predicted octanol–water partition coefficient (Wildman–Crippen LogP) is 4.95. The number of nitrogens with one attached hydrogen (secondary N) is 1. The molecule has 0 aliphatic heterocycles. The van der Waals surface area contributed by atoms with Gasteiger partial charge >= 0.3 is 6.18 Å². The molecular formula is C23H18F3N3O2. The summed E-state index contributed by atoms with van der Waals surface area (Å²) in [5.74, 6) is -0.489. The highest BCUT2D eigenvalue weighted by atomic mass is 19.4. The fourth-order valence-electron chi connectivity index (χ4n) is 3.16. The second-order valence-corrected chi connectivity index (χ2v) is 6.87. The average molecular weight is 425 g/mol. The molecule has 0 bridgehead atoms. The van der Waals surface area contributed by atoms with Crippen LogP contribution in [0.3, 0.4) is 0 Å². The largest absolute Gasteiger partial charge is 0.487 e. The number of aromatic nitrogens is 2. The third-order valence-electron chi connectivity index (χ3n) is 4.63. The SMILES string of the molecule is O=C(NC(c1ccccc1)C(F)(F)F)c1cccc(OCc2cn3ccccc3n2)c1. The molecule has 2 heterocycles. The van der Waals surface area contributed by atoms with Crippen molar-refractivity contribution in [2.45, 2.75) is 18.8 Å². The summed E-state index contributed by atoms with van der Waals surface area (Å²) in [7, 11) is 0. The van der Waals surface area contributed by atoms with Crippen LogP contribution in [0.1, 0.15) is 27.7 Å². The lowest BCUT2D eigenvalue weighted by Gasteiger charge is -2.22. The van der Waals surface area contributed by atoms with Crippen LogP contribution in [0.25, 0.3) is 5.65 Å². The molecule has 0 spiro atoms. The standard InChI is InChI=1S/C23H18F3N3O2/c24-23(25,26)21(16-7-2-1-3-8-16)28-22(30)17-9-6-10-19(13-17)31-15-18-14-29-12-5-4-11-20(29)27-18/h1-14,21H,15H2,(H,28,30). The molecule has 4 rings (SSSR count). The summed E-state index contributed by atoms with van der Waals surface area (Å²) in [6, 6.07) is 16.8. The second kappa shape index (κ2) is 8.51. The van der Waals surface area contributed by atoms with E-state index in [0.29, 0.717) is 11.4 Å². The van der Waals surface area contributed by atoms with Crippen molar-refractivity contribution in [3.05, 3.63) is 102 Å². The molecule has 1 amide bonds.